The summed E-state index contributed by atoms with van der Waals surface area (Å²) in [5, 5.41) is 2.95. The van der Waals surface area contributed by atoms with Crippen LogP contribution in [-0.4, -0.2) is 85.0 Å². The summed E-state index contributed by atoms with van der Waals surface area (Å²) in [6.45, 7) is 8.86. The molecule has 31 heavy (non-hydrogen) atoms. The van der Waals surface area contributed by atoms with E-state index in [1.165, 1.54) is 0 Å². The van der Waals surface area contributed by atoms with Crippen LogP contribution in [0.25, 0.3) is 0 Å². The molecule has 1 atom stereocenters. The zero-order valence-electron chi connectivity index (χ0n) is 19.0. The molecule has 3 rings (SSSR count). The minimum atomic E-state index is -0.443. The van der Waals surface area contributed by atoms with Crippen molar-refractivity contribution in [2.75, 3.05) is 46.4 Å². The Kier molecular flexibility index (Phi) is 7.08. The molecule has 2 aliphatic rings. The molecule has 0 aliphatic carbocycles. The third-order valence-corrected chi connectivity index (χ3v) is 6.02. The summed E-state index contributed by atoms with van der Waals surface area (Å²) in [6, 6.07) is 7.38. The number of nitrogens with zero attached hydrogens (tertiary/aromatic N) is 3. The summed E-state index contributed by atoms with van der Waals surface area (Å²) >= 11 is 0. The molecule has 4 amide bonds. The molecule has 2 aliphatic heterocycles. The number of rotatable bonds is 5. The Morgan fingerprint density at radius 2 is 1.87 bits per heavy atom. The van der Waals surface area contributed by atoms with E-state index in [4.69, 9.17) is 4.74 Å². The number of amides is 4. The Labute approximate surface area is 184 Å². The Morgan fingerprint density at radius 1 is 1.16 bits per heavy atom. The molecule has 1 N–H and O–H groups in total. The molecular weight excluding hydrogens is 396 g/mol. The van der Waals surface area contributed by atoms with Gasteiger partial charge in [0.25, 0.3) is 0 Å². The van der Waals surface area contributed by atoms with E-state index in [0.29, 0.717) is 51.4 Å². The molecule has 1 aromatic carbocycles. The van der Waals surface area contributed by atoms with Gasteiger partial charge in [-0.3, -0.25) is 9.59 Å². The van der Waals surface area contributed by atoms with Crippen LogP contribution in [0.1, 0.15) is 32.8 Å². The zero-order valence-corrected chi connectivity index (χ0v) is 19.0. The first-order chi connectivity index (χ1) is 14.7. The number of urea groups is 1. The van der Waals surface area contributed by atoms with E-state index < -0.39 is 5.41 Å². The van der Waals surface area contributed by atoms with Crippen LogP contribution < -0.4 is 10.1 Å². The smallest absolute Gasteiger partial charge is 0.317 e. The highest BCUT2D eigenvalue weighted by molar-refractivity contribution is 5.82. The number of hydrogen-bond acceptors (Lipinski definition) is 4. The molecule has 1 unspecified atom stereocenters. The second-order valence-corrected chi connectivity index (χ2v) is 8.95. The molecule has 0 bridgehead atoms. The topological polar surface area (TPSA) is 82.2 Å². The number of likely N-dealkylation sites (tertiary alicyclic amines) is 1. The van der Waals surface area contributed by atoms with Gasteiger partial charge in [-0.05, 0) is 38.5 Å². The fourth-order valence-corrected chi connectivity index (χ4v) is 4.53. The van der Waals surface area contributed by atoms with Crippen LogP contribution in [0.2, 0.25) is 0 Å². The van der Waals surface area contributed by atoms with Crippen molar-refractivity contribution in [2.45, 2.75) is 39.7 Å². The maximum atomic E-state index is 13.2. The van der Waals surface area contributed by atoms with Crippen LogP contribution in [0.3, 0.4) is 0 Å². The van der Waals surface area contributed by atoms with Gasteiger partial charge in [0.1, 0.15) is 5.75 Å². The summed E-state index contributed by atoms with van der Waals surface area (Å²) in [7, 11) is 1.60. The van der Waals surface area contributed by atoms with Crippen molar-refractivity contribution < 1.29 is 19.1 Å². The van der Waals surface area contributed by atoms with E-state index in [0.717, 1.165) is 5.56 Å². The zero-order chi connectivity index (χ0) is 22.6. The summed E-state index contributed by atoms with van der Waals surface area (Å²) in [4.78, 5) is 44.0. The van der Waals surface area contributed by atoms with Gasteiger partial charge in [-0.2, -0.15) is 0 Å². The fraction of sp³-hybridized carbons (Fsp3) is 0.609. The van der Waals surface area contributed by atoms with Crippen LogP contribution in [0.15, 0.2) is 24.3 Å². The first-order valence-corrected chi connectivity index (χ1v) is 11.0. The van der Waals surface area contributed by atoms with Gasteiger partial charge < -0.3 is 24.8 Å². The molecule has 170 valence electrons. The second-order valence-electron chi connectivity index (χ2n) is 8.95. The third kappa shape index (κ3) is 5.48. The Hall–Kier alpha value is -2.77. The minimum Gasteiger partial charge on any atom is -0.497 e. The lowest BCUT2D eigenvalue weighted by Gasteiger charge is -2.34. The van der Waals surface area contributed by atoms with Crippen molar-refractivity contribution in [2.24, 2.45) is 5.41 Å². The van der Waals surface area contributed by atoms with Crippen LogP contribution >= 0.6 is 0 Å². The van der Waals surface area contributed by atoms with E-state index in [-0.39, 0.29) is 30.3 Å². The number of nitrogens with one attached hydrogen (secondary N) is 1. The molecule has 2 saturated heterocycles. The number of ether oxygens (including phenoxy) is 1. The van der Waals surface area contributed by atoms with Crippen LogP contribution in [0.4, 0.5) is 4.79 Å². The second kappa shape index (κ2) is 9.58. The van der Waals surface area contributed by atoms with Crippen LogP contribution in [0, 0.1) is 5.41 Å². The molecule has 0 radical (unpaired) electrons. The van der Waals surface area contributed by atoms with E-state index in [2.05, 4.69) is 5.32 Å². The lowest BCUT2D eigenvalue weighted by Crippen LogP contribution is -2.49. The summed E-state index contributed by atoms with van der Waals surface area (Å²) in [5.74, 6) is 0.809. The van der Waals surface area contributed by atoms with Crippen molar-refractivity contribution in [3.8, 4) is 5.75 Å². The van der Waals surface area contributed by atoms with Gasteiger partial charge in [-0.15, -0.1) is 0 Å². The Morgan fingerprint density at radius 3 is 2.52 bits per heavy atom. The first kappa shape index (κ1) is 22.9. The van der Waals surface area contributed by atoms with E-state index in [1.807, 2.05) is 54.8 Å². The number of methoxy groups -OCH3 is 1. The van der Waals surface area contributed by atoms with E-state index >= 15 is 0 Å². The van der Waals surface area contributed by atoms with E-state index in [1.54, 1.807) is 12.0 Å². The number of carbonyl (C=O) groups excluding carboxylic acids is 3. The fourth-order valence-electron chi connectivity index (χ4n) is 4.53. The van der Waals surface area contributed by atoms with Crippen LogP contribution in [-0.2, 0) is 16.0 Å². The number of benzene rings is 1. The van der Waals surface area contributed by atoms with E-state index in [9.17, 15) is 14.4 Å². The SMILES string of the molecule is CCN1CC2(CC1=O)CN(C(=O)Cc1cccc(OC)c1)CCN(C(=O)NC(C)C)C2. The first-order valence-electron chi connectivity index (χ1n) is 11.0. The van der Waals surface area contributed by atoms with Gasteiger partial charge in [-0.25, -0.2) is 4.79 Å². The molecule has 0 aromatic heterocycles. The monoisotopic (exact) mass is 430 g/mol. The lowest BCUT2D eigenvalue weighted by molar-refractivity contribution is -0.132. The van der Waals surface area contributed by atoms with Crippen molar-refractivity contribution >= 4 is 17.8 Å². The Balaban J connectivity index is 1.80. The summed E-state index contributed by atoms with van der Waals surface area (Å²) in [5.41, 5.74) is 0.442. The van der Waals surface area contributed by atoms with Gasteiger partial charge in [0.15, 0.2) is 0 Å². The summed E-state index contributed by atoms with van der Waals surface area (Å²) in [6.07, 6.45) is 0.617. The molecule has 8 nitrogen and oxygen atoms in total. The molecule has 0 saturated carbocycles. The van der Waals surface area contributed by atoms with Gasteiger partial charge in [0.2, 0.25) is 11.8 Å². The predicted molar refractivity (Wildman–Crippen MR) is 118 cm³/mol. The van der Waals surface area contributed by atoms with Crippen molar-refractivity contribution in [3.63, 3.8) is 0 Å². The van der Waals surface area contributed by atoms with Crippen molar-refractivity contribution in [1.82, 2.24) is 20.0 Å². The van der Waals surface area contributed by atoms with Gasteiger partial charge in [-0.1, -0.05) is 12.1 Å². The number of hydrogen-bond donors (Lipinski definition) is 1. The minimum absolute atomic E-state index is 0.00106. The summed E-state index contributed by atoms with van der Waals surface area (Å²) < 4.78 is 5.27. The van der Waals surface area contributed by atoms with Crippen LogP contribution in [0.5, 0.6) is 5.75 Å². The highest BCUT2D eigenvalue weighted by Crippen LogP contribution is 2.35. The maximum absolute atomic E-state index is 13.2. The average Bonchev–Trinajstić information content (AvgIpc) is 2.91. The largest absolute Gasteiger partial charge is 0.497 e. The average molecular weight is 431 g/mol. The molecule has 8 heteroatoms. The van der Waals surface area contributed by atoms with Crippen molar-refractivity contribution in [3.05, 3.63) is 29.8 Å². The molecule has 1 spiro atoms. The Bertz CT molecular complexity index is 828. The molecular formula is C23H34N4O4. The third-order valence-electron chi connectivity index (χ3n) is 6.02. The normalized spacial score (nSPS) is 21.6. The molecule has 2 heterocycles. The van der Waals surface area contributed by atoms with Gasteiger partial charge >= 0.3 is 6.03 Å². The van der Waals surface area contributed by atoms with Gasteiger partial charge in [0, 0.05) is 57.1 Å². The predicted octanol–water partition coefficient (Wildman–Crippen LogP) is 1.74. The molecule has 1 aromatic rings. The standard InChI is InChI=1S/C23H34N4O4/c1-5-25-14-23(13-21(25)29)15-26(9-10-27(16-23)22(30)24-17(2)3)20(28)12-18-7-6-8-19(11-18)31-4/h6-8,11,17H,5,9-10,12-16H2,1-4H3,(H,24,30). The maximum Gasteiger partial charge on any atom is 0.317 e. The van der Waals surface area contributed by atoms with Gasteiger partial charge in [0.05, 0.1) is 13.5 Å². The number of carbonyl (C=O) groups is 3. The highest BCUT2D eigenvalue weighted by atomic mass is 16.5. The highest BCUT2D eigenvalue weighted by Gasteiger charge is 2.47. The molecule has 2 fully saturated rings. The quantitative estimate of drug-likeness (QED) is 0.772. The lowest BCUT2D eigenvalue weighted by atomic mass is 9.86. The van der Waals surface area contributed by atoms with Crippen molar-refractivity contribution in [1.29, 1.82) is 0 Å².